The fourth-order valence-corrected chi connectivity index (χ4v) is 4.59. The standard InChI is InChI=1S/C27H21ClN4O/c28-22-14-23-21(13-20(22)26-12-18-5-1-2-6-25(18)33-26)27-24(15-30-23)31-16-32(27)19-9-7-17(8-10-19)4-3-11-29/h1-2,5-10,12-16H,3-4,11,29H2. The number of hydrogen-bond donors (Lipinski definition) is 1. The Kier molecular flexibility index (Phi) is 4.86. The average Bonchev–Trinajstić information content (AvgIpc) is 3.47. The molecule has 5 nitrogen and oxygen atoms in total. The maximum Gasteiger partial charge on any atom is 0.136 e. The molecule has 0 atom stereocenters. The third kappa shape index (κ3) is 3.46. The van der Waals surface area contributed by atoms with E-state index in [9.17, 15) is 0 Å². The fourth-order valence-electron chi connectivity index (χ4n) is 4.34. The van der Waals surface area contributed by atoms with Crippen molar-refractivity contribution in [3.05, 3.63) is 89.8 Å². The van der Waals surface area contributed by atoms with Crippen molar-refractivity contribution in [1.29, 1.82) is 0 Å². The maximum absolute atomic E-state index is 6.67. The third-order valence-corrected chi connectivity index (χ3v) is 6.35. The van der Waals surface area contributed by atoms with Crippen molar-refractivity contribution in [2.75, 3.05) is 6.54 Å². The monoisotopic (exact) mass is 452 g/mol. The van der Waals surface area contributed by atoms with Crippen LogP contribution in [0.4, 0.5) is 0 Å². The summed E-state index contributed by atoms with van der Waals surface area (Å²) in [5.74, 6) is 0.732. The fraction of sp³-hybridized carbons (Fsp3) is 0.111. The molecule has 0 bridgehead atoms. The molecule has 0 aliphatic heterocycles. The maximum atomic E-state index is 6.67. The summed E-state index contributed by atoms with van der Waals surface area (Å²) in [5, 5.41) is 2.61. The second kappa shape index (κ2) is 8.03. The number of halogens is 1. The molecule has 6 heteroatoms. The summed E-state index contributed by atoms with van der Waals surface area (Å²) in [5.41, 5.74) is 12.3. The predicted molar refractivity (Wildman–Crippen MR) is 134 cm³/mol. The van der Waals surface area contributed by atoms with Gasteiger partial charge in [0.1, 0.15) is 23.2 Å². The van der Waals surface area contributed by atoms with E-state index in [1.54, 1.807) is 6.20 Å². The molecule has 0 spiro atoms. The first-order chi connectivity index (χ1) is 16.2. The topological polar surface area (TPSA) is 69.9 Å². The van der Waals surface area contributed by atoms with Crippen LogP contribution in [-0.2, 0) is 6.42 Å². The lowest BCUT2D eigenvalue weighted by Crippen LogP contribution is -2.00. The highest BCUT2D eigenvalue weighted by Gasteiger charge is 2.16. The second-order valence-electron chi connectivity index (χ2n) is 8.16. The zero-order valence-electron chi connectivity index (χ0n) is 17.8. The van der Waals surface area contributed by atoms with Crippen molar-refractivity contribution in [1.82, 2.24) is 14.5 Å². The molecule has 0 saturated carbocycles. The van der Waals surface area contributed by atoms with Crippen LogP contribution in [0, 0.1) is 0 Å². The van der Waals surface area contributed by atoms with E-state index in [1.807, 2.05) is 42.7 Å². The van der Waals surface area contributed by atoms with Crippen LogP contribution in [0.3, 0.4) is 0 Å². The first kappa shape index (κ1) is 20.0. The molecular formula is C27H21ClN4O. The Morgan fingerprint density at radius 1 is 0.939 bits per heavy atom. The van der Waals surface area contributed by atoms with Gasteiger partial charge in [-0.1, -0.05) is 41.9 Å². The van der Waals surface area contributed by atoms with Crippen LogP contribution in [0.15, 0.2) is 83.7 Å². The van der Waals surface area contributed by atoms with E-state index in [0.717, 1.165) is 62.8 Å². The van der Waals surface area contributed by atoms with E-state index in [0.29, 0.717) is 11.6 Å². The highest BCUT2D eigenvalue weighted by atomic mass is 35.5. The van der Waals surface area contributed by atoms with E-state index in [-0.39, 0.29) is 0 Å². The molecule has 0 saturated heterocycles. The van der Waals surface area contributed by atoms with Gasteiger partial charge in [-0.05, 0) is 61.3 Å². The Bertz CT molecular complexity index is 1580. The number of imidazole rings is 1. The summed E-state index contributed by atoms with van der Waals surface area (Å²) in [6.07, 6.45) is 5.60. The van der Waals surface area contributed by atoms with Crippen molar-refractivity contribution >= 4 is 44.5 Å². The first-order valence-electron chi connectivity index (χ1n) is 10.9. The van der Waals surface area contributed by atoms with Gasteiger partial charge in [0, 0.05) is 22.0 Å². The van der Waals surface area contributed by atoms with Gasteiger partial charge in [-0.15, -0.1) is 0 Å². The number of para-hydroxylation sites is 1. The number of fused-ring (bicyclic) bond motifs is 4. The highest BCUT2D eigenvalue weighted by Crippen LogP contribution is 2.37. The Balaban J connectivity index is 1.53. The number of hydrogen-bond acceptors (Lipinski definition) is 4. The van der Waals surface area contributed by atoms with Crippen molar-refractivity contribution < 1.29 is 4.42 Å². The second-order valence-corrected chi connectivity index (χ2v) is 8.57. The zero-order chi connectivity index (χ0) is 22.4. The highest BCUT2D eigenvalue weighted by molar-refractivity contribution is 6.34. The number of rotatable bonds is 5. The number of nitrogens with zero attached hydrogens (tertiary/aromatic N) is 3. The lowest BCUT2D eigenvalue weighted by Gasteiger charge is -2.10. The molecule has 6 aromatic rings. The summed E-state index contributed by atoms with van der Waals surface area (Å²) in [4.78, 5) is 9.20. The van der Waals surface area contributed by atoms with Gasteiger partial charge in [-0.2, -0.15) is 0 Å². The van der Waals surface area contributed by atoms with Gasteiger partial charge in [-0.25, -0.2) is 4.98 Å². The molecule has 0 aliphatic carbocycles. The van der Waals surface area contributed by atoms with Crippen LogP contribution < -0.4 is 5.73 Å². The number of furan rings is 1. The zero-order valence-corrected chi connectivity index (χ0v) is 18.6. The van der Waals surface area contributed by atoms with Gasteiger partial charge in [0.25, 0.3) is 0 Å². The van der Waals surface area contributed by atoms with E-state index >= 15 is 0 Å². The van der Waals surface area contributed by atoms with Crippen molar-refractivity contribution in [3.63, 3.8) is 0 Å². The molecule has 0 radical (unpaired) electrons. The normalized spacial score (nSPS) is 11.7. The Morgan fingerprint density at radius 2 is 1.79 bits per heavy atom. The summed E-state index contributed by atoms with van der Waals surface area (Å²) >= 11 is 6.67. The molecule has 0 fully saturated rings. The Morgan fingerprint density at radius 3 is 2.61 bits per heavy atom. The van der Waals surface area contributed by atoms with E-state index < -0.39 is 0 Å². The van der Waals surface area contributed by atoms with E-state index in [2.05, 4.69) is 44.9 Å². The molecule has 2 N–H and O–H groups in total. The molecule has 162 valence electrons. The number of nitrogens with two attached hydrogens (primary N) is 1. The minimum atomic E-state index is 0.601. The van der Waals surface area contributed by atoms with Crippen LogP contribution in [-0.4, -0.2) is 21.1 Å². The molecular weight excluding hydrogens is 432 g/mol. The van der Waals surface area contributed by atoms with Gasteiger partial charge >= 0.3 is 0 Å². The Labute approximate surface area is 195 Å². The van der Waals surface area contributed by atoms with E-state index in [4.69, 9.17) is 21.8 Å². The summed E-state index contributed by atoms with van der Waals surface area (Å²) in [6.45, 7) is 0.697. The lowest BCUT2D eigenvalue weighted by molar-refractivity contribution is 0.632. The predicted octanol–water partition coefficient (Wildman–Crippen LogP) is 6.53. The van der Waals surface area contributed by atoms with Crippen molar-refractivity contribution in [2.24, 2.45) is 5.73 Å². The van der Waals surface area contributed by atoms with Crippen LogP contribution >= 0.6 is 11.6 Å². The van der Waals surface area contributed by atoms with Gasteiger partial charge in [0.15, 0.2) is 0 Å². The Hall–Kier alpha value is -3.67. The SMILES string of the molecule is NCCCc1ccc(-n2cnc3cnc4cc(Cl)c(-c5cc6ccccc6o5)cc4c32)cc1. The molecule has 0 unspecified atom stereocenters. The molecule has 3 aromatic heterocycles. The van der Waals surface area contributed by atoms with Gasteiger partial charge in [0.05, 0.1) is 22.3 Å². The summed E-state index contributed by atoms with van der Waals surface area (Å²) in [6, 6.07) is 22.5. The molecule has 3 heterocycles. The molecule has 3 aromatic carbocycles. The van der Waals surface area contributed by atoms with Gasteiger partial charge in [0.2, 0.25) is 0 Å². The largest absolute Gasteiger partial charge is 0.456 e. The number of aryl methyl sites for hydroxylation is 1. The van der Waals surface area contributed by atoms with Crippen LogP contribution in [0.1, 0.15) is 12.0 Å². The van der Waals surface area contributed by atoms with Gasteiger partial charge in [-0.3, -0.25) is 9.55 Å². The summed E-state index contributed by atoms with van der Waals surface area (Å²) in [7, 11) is 0. The minimum absolute atomic E-state index is 0.601. The first-order valence-corrected chi connectivity index (χ1v) is 11.3. The van der Waals surface area contributed by atoms with Crippen molar-refractivity contribution in [3.8, 4) is 17.0 Å². The summed E-state index contributed by atoms with van der Waals surface area (Å²) < 4.78 is 8.20. The average molecular weight is 453 g/mol. The molecule has 0 aliphatic rings. The number of aromatic nitrogens is 3. The number of pyridine rings is 1. The van der Waals surface area contributed by atoms with Crippen LogP contribution in [0.5, 0.6) is 0 Å². The minimum Gasteiger partial charge on any atom is -0.456 e. The third-order valence-electron chi connectivity index (χ3n) is 6.04. The lowest BCUT2D eigenvalue weighted by atomic mass is 10.1. The molecule has 6 rings (SSSR count). The van der Waals surface area contributed by atoms with Gasteiger partial charge < -0.3 is 10.2 Å². The molecule has 0 amide bonds. The molecule has 33 heavy (non-hydrogen) atoms. The van der Waals surface area contributed by atoms with E-state index in [1.165, 1.54) is 5.56 Å². The van der Waals surface area contributed by atoms with Crippen molar-refractivity contribution in [2.45, 2.75) is 12.8 Å². The quantitative estimate of drug-likeness (QED) is 0.322. The van der Waals surface area contributed by atoms with Crippen LogP contribution in [0.2, 0.25) is 5.02 Å². The number of benzene rings is 3. The smallest absolute Gasteiger partial charge is 0.136 e. The van der Waals surface area contributed by atoms with Crippen LogP contribution in [0.25, 0.3) is 49.9 Å².